The van der Waals surface area contributed by atoms with E-state index in [4.69, 9.17) is 27.9 Å². The van der Waals surface area contributed by atoms with Gasteiger partial charge in [0.15, 0.2) is 6.61 Å². The number of carbonyl (C=O) groups excluding carboxylic acids is 2. The van der Waals surface area contributed by atoms with Crippen LogP contribution in [0.5, 0.6) is 5.75 Å². The molecule has 0 aliphatic heterocycles. The second-order valence-electron chi connectivity index (χ2n) is 7.95. The quantitative estimate of drug-likeness (QED) is 0.403. The maximum atomic E-state index is 13.4. The van der Waals surface area contributed by atoms with Gasteiger partial charge < -0.3 is 15.0 Å². The van der Waals surface area contributed by atoms with Crippen LogP contribution in [-0.2, 0) is 22.6 Å². The molecule has 3 aromatic rings. The predicted molar refractivity (Wildman–Crippen MR) is 136 cm³/mol. The fourth-order valence-electron chi connectivity index (χ4n) is 3.57. The van der Waals surface area contributed by atoms with Crippen LogP contribution in [0.25, 0.3) is 0 Å². The van der Waals surface area contributed by atoms with Gasteiger partial charge in [0.1, 0.15) is 11.8 Å². The summed E-state index contributed by atoms with van der Waals surface area (Å²) in [6.07, 6.45) is 0.381. The van der Waals surface area contributed by atoms with E-state index in [-0.39, 0.29) is 25.0 Å². The fourth-order valence-corrected chi connectivity index (χ4v) is 3.81. The van der Waals surface area contributed by atoms with Crippen LogP contribution in [0.3, 0.4) is 0 Å². The first-order chi connectivity index (χ1) is 16.4. The van der Waals surface area contributed by atoms with Crippen LogP contribution in [0, 0.1) is 6.92 Å². The number of ether oxygens (including phenoxy) is 1. The van der Waals surface area contributed by atoms with E-state index in [9.17, 15) is 9.59 Å². The second-order valence-corrected chi connectivity index (χ2v) is 8.79. The van der Waals surface area contributed by atoms with Crippen LogP contribution in [0.1, 0.15) is 23.6 Å². The van der Waals surface area contributed by atoms with Crippen molar-refractivity contribution in [3.8, 4) is 5.75 Å². The van der Waals surface area contributed by atoms with Crippen molar-refractivity contribution in [3.63, 3.8) is 0 Å². The molecule has 1 atom stereocenters. The number of nitrogens with zero attached hydrogens (tertiary/aromatic N) is 1. The number of likely N-dealkylation sites (N-methyl/N-ethyl adjacent to an activating group) is 1. The third-order valence-corrected chi connectivity index (χ3v) is 6.06. The Hall–Kier alpha value is -3.02. The van der Waals surface area contributed by atoms with Gasteiger partial charge in [-0.1, -0.05) is 65.7 Å². The molecule has 178 valence electrons. The number of nitrogens with one attached hydrogen (secondary N) is 1. The maximum Gasteiger partial charge on any atom is 0.261 e. The average Bonchev–Trinajstić information content (AvgIpc) is 2.84. The molecular weight excluding hydrogens is 471 g/mol. The van der Waals surface area contributed by atoms with E-state index in [1.54, 1.807) is 35.2 Å². The van der Waals surface area contributed by atoms with Crippen LogP contribution in [-0.4, -0.2) is 35.9 Å². The Morgan fingerprint density at radius 3 is 2.32 bits per heavy atom. The molecule has 0 bridgehead atoms. The van der Waals surface area contributed by atoms with Gasteiger partial charge in [-0.05, 0) is 60.9 Å². The van der Waals surface area contributed by atoms with Crippen molar-refractivity contribution in [2.24, 2.45) is 0 Å². The third-order valence-electron chi connectivity index (χ3n) is 5.38. The highest BCUT2D eigenvalue weighted by atomic mass is 35.5. The molecule has 0 radical (unpaired) electrons. The fraction of sp³-hybridized carbons (Fsp3) is 0.259. The molecule has 3 rings (SSSR count). The molecule has 0 heterocycles. The number of hydrogen-bond donors (Lipinski definition) is 1. The first-order valence-electron chi connectivity index (χ1n) is 11.1. The molecule has 0 aromatic heterocycles. The highest BCUT2D eigenvalue weighted by Crippen LogP contribution is 2.22. The smallest absolute Gasteiger partial charge is 0.261 e. The largest absolute Gasteiger partial charge is 0.484 e. The number of benzene rings is 3. The highest BCUT2D eigenvalue weighted by Gasteiger charge is 2.30. The number of rotatable bonds is 10. The molecule has 34 heavy (non-hydrogen) atoms. The van der Waals surface area contributed by atoms with Crippen LogP contribution >= 0.6 is 23.2 Å². The minimum absolute atomic E-state index is 0.209. The van der Waals surface area contributed by atoms with E-state index in [2.05, 4.69) is 5.32 Å². The van der Waals surface area contributed by atoms with Gasteiger partial charge in [0.2, 0.25) is 5.91 Å². The van der Waals surface area contributed by atoms with Crippen LogP contribution in [0.2, 0.25) is 10.0 Å². The van der Waals surface area contributed by atoms with Crippen LogP contribution in [0.15, 0.2) is 72.8 Å². The van der Waals surface area contributed by atoms with Crippen molar-refractivity contribution < 1.29 is 14.3 Å². The molecule has 0 saturated carbocycles. The van der Waals surface area contributed by atoms with Gasteiger partial charge in [0, 0.05) is 29.6 Å². The van der Waals surface area contributed by atoms with Gasteiger partial charge in [-0.25, -0.2) is 0 Å². The summed E-state index contributed by atoms with van der Waals surface area (Å²) in [6.45, 7) is 4.23. The van der Waals surface area contributed by atoms with E-state index in [0.29, 0.717) is 28.8 Å². The molecule has 1 N–H and O–H groups in total. The SMILES string of the molecule is CCNC(=O)[C@@H](Cc1ccccc1)N(Cc1ccc(Cl)cc1)C(=O)COc1ccc(Cl)c(C)c1. The lowest BCUT2D eigenvalue weighted by Gasteiger charge is -2.31. The van der Waals surface area contributed by atoms with Crippen molar-refractivity contribution in [1.82, 2.24) is 10.2 Å². The zero-order chi connectivity index (χ0) is 24.5. The van der Waals surface area contributed by atoms with Crippen LogP contribution < -0.4 is 10.1 Å². The summed E-state index contributed by atoms with van der Waals surface area (Å²) in [7, 11) is 0. The number of amides is 2. The van der Waals surface area contributed by atoms with Crippen molar-refractivity contribution in [2.45, 2.75) is 32.9 Å². The Balaban J connectivity index is 1.88. The number of carbonyl (C=O) groups is 2. The van der Waals surface area contributed by atoms with Crippen LogP contribution in [0.4, 0.5) is 0 Å². The molecule has 5 nitrogen and oxygen atoms in total. The first kappa shape index (κ1) is 25.6. The summed E-state index contributed by atoms with van der Waals surface area (Å²) in [5.74, 6) is 0.0325. The van der Waals surface area contributed by atoms with Crippen molar-refractivity contribution in [2.75, 3.05) is 13.2 Å². The normalized spacial score (nSPS) is 11.5. The van der Waals surface area contributed by atoms with E-state index >= 15 is 0 Å². The summed E-state index contributed by atoms with van der Waals surface area (Å²) < 4.78 is 5.78. The van der Waals surface area contributed by atoms with Gasteiger partial charge in [-0.3, -0.25) is 9.59 Å². The molecule has 2 amide bonds. The number of halogens is 2. The molecule has 0 aliphatic carbocycles. The summed E-state index contributed by atoms with van der Waals surface area (Å²) in [6, 6.07) is 21.4. The van der Waals surface area contributed by atoms with Gasteiger partial charge in [-0.15, -0.1) is 0 Å². The van der Waals surface area contributed by atoms with Crippen molar-refractivity contribution in [1.29, 1.82) is 0 Å². The number of hydrogen-bond acceptors (Lipinski definition) is 3. The molecule has 0 saturated heterocycles. The van der Waals surface area contributed by atoms with Crippen molar-refractivity contribution >= 4 is 35.0 Å². The molecule has 0 unspecified atom stereocenters. The summed E-state index contributed by atoms with van der Waals surface area (Å²) >= 11 is 12.1. The molecule has 0 spiro atoms. The highest BCUT2D eigenvalue weighted by molar-refractivity contribution is 6.31. The summed E-state index contributed by atoms with van der Waals surface area (Å²) in [4.78, 5) is 28.1. The molecule has 7 heteroatoms. The standard InChI is InChI=1S/C27H28Cl2N2O3/c1-3-30-27(33)25(16-20-7-5-4-6-8-20)31(17-21-9-11-22(28)12-10-21)26(32)18-34-23-13-14-24(29)19(2)15-23/h4-15,25H,3,16-18H2,1-2H3,(H,30,33)/t25-/m1/s1. The average molecular weight is 499 g/mol. The number of aryl methyl sites for hydroxylation is 1. The lowest BCUT2D eigenvalue weighted by atomic mass is 10.0. The Bertz CT molecular complexity index is 1100. The van der Waals surface area contributed by atoms with Crippen molar-refractivity contribution in [3.05, 3.63) is 99.5 Å². The summed E-state index contributed by atoms with van der Waals surface area (Å²) in [5.41, 5.74) is 2.68. The molecule has 3 aromatic carbocycles. The first-order valence-corrected chi connectivity index (χ1v) is 11.9. The Labute approximate surface area is 210 Å². The minimum atomic E-state index is -0.707. The maximum absolute atomic E-state index is 13.4. The van der Waals surface area contributed by atoms with Gasteiger partial charge in [0.05, 0.1) is 0 Å². The molecule has 0 fully saturated rings. The summed E-state index contributed by atoms with van der Waals surface area (Å²) in [5, 5.41) is 4.11. The Kier molecular flexibility index (Phi) is 9.37. The topological polar surface area (TPSA) is 58.6 Å². The van der Waals surface area contributed by atoms with E-state index in [1.165, 1.54) is 0 Å². The second kappa shape index (κ2) is 12.4. The molecule has 0 aliphatic rings. The van der Waals surface area contributed by atoms with E-state index in [0.717, 1.165) is 16.7 Å². The lowest BCUT2D eigenvalue weighted by molar-refractivity contribution is -0.142. The van der Waals surface area contributed by atoms with E-state index < -0.39 is 6.04 Å². The van der Waals surface area contributed by atoms with E-state index in [1.807, 2.05) is 56.3 Å². The van der Waals surface area contributed by atoms with Gasteiger partial charge in [0.25, 0.3) is 5.91 Å². The van der Waals surface area contributed by atoms with Gasteiger partial charge >= 0.3 is 0 Å². The minimum Gasteiger partial charge on any atom is -0.484 e. The zero-order valence-electron chi connectivity index (χ0n) is 19.3. The molecular formula is C27H28Cl2N2O3. The Morgan fingerprint density at radius 1 is 0.971 bits per heavy atom. The van der Waals surface area contributed by atoms with Gasteiger partial charge in [-0.2, -0.15) is 0 Å². The lowest BCUT2D eigenvalue weighted by Crippen LogP contribution is -2.51. The third kappa shape index (κ3) is 7.24. The monoisotopic (exact) mass is 498 g/mol. The zero-order valence-corrected chi connectivity index (χ0v) is 20.8. The Morgan fingerprint density at radius 2 is 1.68 bits per heavy atom. The predicted octanol–water partition coefficient (Wildman–Crippen LogP) is 5.46.